The Kier molecular flexibility index (Phi) is 12.8. The Hall–Kier alpha value is -1.16. The van der Waals surface area contributed by atoms with E-state index in [-0.39, 0.29) is 30.4 Å². The number of ether oxygens (including phenoxy) is 2. The smallest absolute Gasteiger partial charge is 0.308 e. The van der Waals surface area contributed by atoms with Crippen LogP contribution in [0.25, 0.3) is 0 Å². The molecule has 0 aromatic heterocycles. The molecule has 0 aliphatic heterocycles. The molecule has 0 aromatic carbocycles. The number of carbonyl (C=O) groups is 2. The maximum atomic E-state index is 12.0. The molecule has 0 heterocycles. The number of Topliss-reactive ketones (excluding diaryl/α,β-unsaturated/α-hetero) is 1. The van der Waals surface area contributed by atoms with Crippen molar-refractivity contribution in [2.45, 2.75) is 83.8 Å². The third-order valence-electron chi connectivity index (χ3n) is 3.60. The Bertz CT molecular complexity index is 325. The van der Waals surface area contributed by atoms with Crippen molar-refractivity contribution in [1.29, 1.82) is 0 Å². The molecular weight excluding hydrogens is 280 g/mol. The molecule has 0 aromatic rings. The van der Waals surface area contributed by atoms with Gasteiger partial charge in [-0.25, -0.2) is 0 Å². The topological polar surface area (TPSA) is 52.6 Å². The lowest BCUT2D eigenvalue weighted by atomic mass is 10.1. The lowest BCUT2D eigenvalue weighted by Crippen LogP contribution is -2.24. The Balaban J connectivity index is 4.26. The summed E-state index contributed by atoms with van der Waals surface area (Å²) in [4.78, 5) is 23.3. The fourth-order valence-corrected chi connectivity index (χ4v) is 2.36. The molecule has 22 heavy (non-hydrogen) atoms. The number of ketones is 1. The first-order valence-corrected chi connectivity index (χ1v) is 8.36. The monoisotopic (exact) mass is 312 g/mol. The number of carbonyl (C=O) groups excluding carboxylic acids is 2. The highest BCUT2D eigenvalue weighted by Gasteiger charge is 2.19. The molecule has 2 unspecified atom stereocenters. The van der Waals surface area contributed by atoms with Gasteiger partial charge < -0.3 is 9.47 Å². The second kappa shape index (κ2) is 13.5. The molecule has 0 bridgehead atoms. The van der Waals surface area contributed by atoms with Gasteiger partial charge in [-0.05, 0) is 39.0 Å². The van der Waals surface area contributed by atoms with Gasteiger partial charge in [-0.2, -0.15) is 0 Å². The van der Waals surface area contributed by atoms with E-state index in [4.69, 9.17) is 9.47 Å². The average molecular weight is 312 g/mol. The molecule has 0 aliphatic carbocycles. The fraction of sp³-hybridized carbons (Fsp3) is 0.778. The van der Waals surface area contributed by atoms with Crippen molar-refractivity contribution >= 4 is 11.8 Å². The summed E-state index contributed by atoms with van der Waals surface area (Å²) < 4.78 is 10.8. The summed E-state index contributed by atoms with van der Waals surface area (Å²) in [5.74, 6) is -0.211. The second-order valence-electron chi connectivity index (χ2n) is 5.80. The minimum absolute atomic E-state index is 0.0589. The molecule has 0 fully saturated rings. The highest BCUT2D eigenvalue weighted by Crippen LogP contribution is 2.15. The molecule has 128 valence electrons. The molecular formula is C18H32O4. The summed E-state index contributed by atoms with van der Waals surface area (Å²) >= 11 is 0. The SMILES string of the molecule is C=CCCCC(CC(=O)OC(CCCCC)CC(C)=O)OC. The van der Waals surface area contributed by atoms with Crippen LogP contribution >= 0.6 is 0 Å². The van der Waals surface area contributed by atoms with E-state index in [0.29, 0.717) is 6.42 Å². The van der Waals surface area contributed by atoms with Gasteiger partial charge in [-0.15, -0.1) is 6.58 Å². The molecule has 0 amide bonds. The number of rotatable bonds is 14. The third kappa shape index (κ3) is 11.5. The first kappa shape index (κ1) is 20.8. The Morgan fingerprint density at radius 2 is 1.77 bits per heavy atom. The van der Waals surface area contributed by atoms with E-state index in [2.05, 4.69) is 13.5 Å². The molecule has 0 N–H and O–H groups in total. The summed E-state index contributed by atoms with van der Waals surface area (Å²) in [5, 5.41) is 0. The van der Waals surface area contributed by atoms with E-state index in [1.54, 1.807) is 7.11 Å². The lowest BCUT2D eigenvalue weighted by Gasteiger charge is -2.19. The van der Waals surface area contributed by atoms with Crippen molar-refractivity contribution in [2.24, 2.45) is 0 Å². The summed E-state index contributed by atoms with van der Waals surface area (Å²) in [6.07, 6.45) is 8.61. The quantitative estimate of drug-likeness (QED) is 0.274. The number of esters is 1. The summed E-state index contributed by atoms with van der Waals surface area (Å²) in [5.41, 5.74) is 0. The van der Waals surface area contributed by atoms with Gasteiger partial charge in [0.1, 0.15) is 11.9 Å². The van der Waals surface area contributed by atoms with E-state index < -0.39 is 0 Å². The predicted molar refractivity (Wildman–Crippen MR) is 88.8 cm³/mol. The fourth-order valence-electron chi connectivity index (χ4n) is 2.36. The highest BCUT2D eigenvalue weighted by molar-refractivity contribution is 5.77. The third-order valence-corrected chi connectivity index (χ3v) is 3.60. The molecule has 0 spiro atoms. The van der Waals surface area contributed by atoms with Gasteiger partial charge in [0.25, 0.3) is 0 Å². The van der Waals surface area contributed by atoms with Crippen LogP contribution in [0.4, 0.5) is 0 Å². The Labute approximate surface area is 135 Å². The minimum atomic E-state index is -0.290. The van der Waals surface area contributed by atoms with Crippen LogP contribution < -0.4 is 0 Å². The van der Waals surface area contributed by atoms with Crippen molar-refractivity contribution in [2.75, 3.05) is 7.11 Å². The van der Waals surface area contributed by atoms with Crippen molar-refractivity contribution in [3.63, 3.8) is 0 Å². The number of methoxy groups -OCH3 is 1. The number of hydrogen-bond donors (Lipinski definition) is 0. The molecule has 0 radical (unpaired) electrons. The number of hydrogen-bond acceptors (Lipinski definition) is 4. The van der Waals surface area contributed by atoms with Gasteiger partial charge in [0.05, 0.1) is 12.5 Å². The maximum Gasteiger partial charge on any atom is 0.308 e. The van der Waals surface area contributed by atoms with Crippen LogP contribution in [0.3, 0.4) is 0 Å². The molecule has 0 rings (SSSR count). The maximum absolute atomic E-state index is 12.0. The van der Waals surface area contributed by atoms with Gasteiger partial charge >= 0.3 is 5.97 Å². The first-order chi connectivity index (χ1) is 10.5. The zero-order valence-electron chi connectivity index (χ0n) is 14.4. The molecule has 0 aliphatic rings. The van der Waals surface area contributed by atoms with Gasteiger partial charge in [0, 0.05) is 13.5 Å². The van der Waals surface area contributed by atoms with Gasteiger partial charge in [-0.1, -0.05) is 25.8 Å². The van der Waals surface area contributed by atoms with Crippen LogP contribution in [-0.2, 0) is 19.1 Å². The zero-order valence-corrected chi connectivity index (χ0v) is 14.4. The van der Waals surface area contributed by atoms with E-state index >= 15 is 0 Å². The van der Waals surface area contributed by atoms with Crippen LogP contribution in [0.5, 0.6) is 0 Å². The highest BCUT2D eigenvalue weighted by atomic mass is 16.5. The normalized spacial score (nSPS) is 13.4. The number of unbranched alkanes of at least 4 members (excludes halogenated alkanes) is 3. The molecule has 4 nitrogen and oxygen atoms in total. The van der Waals surface area contributed by atoms with E-state index in [1.807, 2.05) is 6.08 Å². The molecule has 0 saturated carbocycles. The zero-order chi connectivity index (χ0) is 16.8. The molecule has 2 atom stereocenters. The minimum Gasteiger partial charge on any atom is -0.462 e. The van der Waals surface area contributed by atoms with Crippen LogP contribution in [0.2, 0.25) is 0 Å². The van der Waals surface area contributed by atoms with E-state index in [1.165, 1.54) is 6.92 Å². The summed E-state index contributed by atoms with van der Waals surface area (Å²) in [7, 11) is 1.61. The van der Waals surface area contributed by atoms with Crippen LogP contribution in [0.15, 0.2) is 12.7 Å². The summed E-state index contributed by atoms with van der Waals surface area (Å²) in [6, 6.07) is 0. The Morgan fingerprint density at radius 1 is 1.09 bits per heavy atom. The van der Waals surface area contributed by atoms with Gasteiger partial charge in [-0.3, -0.25) is 9.59 Å². The van der Waals surface area contributed by atoms with E-state index in [9.17, 15) is 9.59 Å². The first-order valence-electron chi connectivity index (χ1n) is 8.36. The van der Waals surface area contributed by atoms with Gasteiger partial charge in [0.15, 0.2) is 0 Å². The van der Waals surface area contributed by atoms with Crippen molar-refractivity contribution in [1.82, 2.24) is 0 Å². The van der Waals surface area contributed by atoms with Crippen LogP contribution in [0, 0.1) is 0 Å². The molecule has 4 heteroatoms. The Morgan fingerprint density at radius 3 is 2.32 bits per heavy atom. The average Bonchev–Trinajstić information content (AvgIpc) is 2.45. The van der Waals surface area contributed by atoms with Crippen molar-refractivity contribution in [3.8, 4) is 0 Å². The largest absolute Gasteiger partial charge is 0.462 e. The van der Waals surface area contributed by atoms with Crippen molar-refractivity contribution < 1.29 is 19.1 Å². The summed E-state index contributed by atoms with van der Waals surface area (Å²) in [6.45, 7) is 7.34. The number of allylic oxidation sites excluding steroid dienone is 1. The van der Waals surface area contributed by atoms with E-state index in [0.717, 1.165) is 44.9 Å². The lowest BCUT2D eigenvalue weighted by molar-refractivity contribution is -0.153. The molecule has 0 saturated heterocycles. The van der Waals surface area contributed by atoms with Crippen LogP contribution in [-0.4, -0.2) is 31.1 Å². The predicted octanol–water partition coefficient (Wildman–Crippen LogP) is 4.22. The van der Waals surface area contributed by atoms with Crippen molar-refractivity contribution in [3.05, 3.63) is 12.7 Å². The second-order valence-corrected chi connectivity index (χ2v) is 5.80. The van der Waals surface area contributed by atoms with Gasteiger partial charge in [0.2, 0.25) is 0 Å². The van der Waals surface area contributed by atoms with Crippen LogP contribution in [0.1, 0.15) is 71.6 Å². The standard InChI is InChI=1S/C18H32O4/c1-5-7-9-11-16(21-4)14-18(20)22-17(13-15(3)19)12-10-8-6-2/h5,16-17H,1,6-14H2,2-4H3.